The molecule has 0 amide bonds. The molecule has 0 spiro atoms. The molecule has 8 heteroatoms. The maximum absolute atomic E-state index is 10.6. The summed E-state index contributed by atoms with van der Waals surface area (Å²) < 4.78 is 4.09. The van der Waals surface area contributed by atoms with Crippen LogP contribution in [0.5, 0.6) is 0 Å². The fourth-order valence-electron chi connectivity index (χ4n) is 0.545. The molecule has 0 bridgehead atoms. The molecule has 0 aromatic carbocycles. The van der Waals surface area contributed by atoms with E-state index in [2.05, 4.69) is 14.9 Å². The van der Waals surface area contributed by atoms with Crippen molar-refractivity contribution in [3.05, 3.63) is 10.9 Å². The summed E-state index contributed by atoms with van der Waals surface area (Å²) in [6.07, 6.45) is 0. The third-order valence-electron chi connectivity index (χ3n) is 1.02. The van der Waals surface area contributed by atoms with E-state index in [-0.39, 0.29) is 22.3 Å². The van der Waals surface area contributed by atoms with E-state index >= 15 is 0 Å². The van der Waals surface area contributed by atoms with Gasteiger partial charge in [0.05, 0.1) is 5.16 Å². The summed E-state index contributed by atoms with van der Waals surface area (Å²) in [5.74, 6) is 4.42. The highest BCUT2D eigenvalue weighted by Crippen LogP contribution is 1.99. The molecule has 0 saturated carbocycles. The fraction of sp³-hybridized carbons (Fsp3) is 0. The van der Waals surface area contributed by atoms with Crippen molar-refractivity contribution in [1.29, 1.82) is 0 Å². The number of anilines is 1. The smallest absolute Gasteiger partial charge is 0.316 e. The van der Waals surface area contributed by atoms with Crippen molar-refractivity contribution in [2.75, 3.05) is 5.73 Å². The molecule has 0 fully saturated rings. The van der Waals surface area contributed by atoms with Crippen molar-refractivity contribution in [3.63, 3.8) is 0 Å². The van der Waals surface area contributed by atoms with Crippen LogP contribution in [0.15, 0.2) is 9.73 Å². The Morgan fingerprint density at radius 2 is 2.36 bits per heavy atom. The van der Waals surface area contributed by atoms with Crippen molar-refractivity contribution in [2.45, 2.75) is 0 Å². The van der Waals surface area contributed by atoms with Gasteiger partial charge >= 0.3 is 5.82 Å². The molecule has 0 radical (unpaired) electrons. The quantitative estimate of drug-likeness (QED) is 0.135. The molecule has 1 rings (SSSR count). The largest absolute Gasteiger partial charge is 0.378 e. The first kappa shape index (κ1) is 7.12. The second-order valence-electron chi connectivity index (χ2n) is 1.68. The monoisotopic (exact) mass is 158 g/mol. The first-order chi connectivity index (χ1) is 5.16. The topological polar surface area (TPSA) is 143 Å². The van der Waals surface area contributed by atoms with Gasteiger partial charge in [-0.15, -0.1) is 0 Å². The lowest BCUT2D eigenvalue weighted by molar-refractivity contribution is -0.803. The number of hydrogen-bond acceptors (Lipinski definition) is 6. The van der Waals surface area contributed by atoms with Crippen LogP contribution in [-0.4, -0.2) is 11.0 Å². The Labute approximate surface area is 60.8 Å². The minimum absolute atomic E-state index is 0.0288. The van der Waals surface area contributed by atoms with Gasteiger partial charge in [-0.2, -0.15) is 5.10 Å². The van der Waals surface area contributed by atoms with Gasteiger partial charge < -0.3 is 22.5 Å². The lowest BCUT2D eigenvalue weighted by Gasteiger charge is -1.91. The number of aromatic nitrogens is 2. The van der Waals surface area contributed by atoms with Crippen molar-refractivity contribution in [2.24, 2.45) is 16.7 Å². The Kier molecular flexibility index (Phi) is 1.51. The van der Waals surface area contributed by atoms with E-state index < -0.39 is 0 Å². The number of nitrogens with two attached hydrogens (primary N) is 3. The maximum Gasteiger partial charge on any atom is 0.316 e. The lowest BCUT2D eigenvalue weighted by atomic mass is 10.4. The van der Waals surface area contributed by atoms with E-state index in [1.54, 1.807) is 0 Å². The standard InChI is InChI=1S/C3H6N6O2/c4-2(7-6)1-3(5)8-11-9(1)10/h6H2,(H2,4,7)(H2,5,8). The number of hydrazone groups is 1. The first-order valence-corrected chi connectivity index (χ1v) is 2.55. The fourth-order valence-corrected chi connectivity index (χ4v) is 0.545. The summed E-state index contributed by atoms with van der Waals surface area (Å²) in [5.41, 5.74) is 10.2. The molecule has 1 aromatic heterocycles. The van der Waals surface area contributed by atoms with Crippen LogP contribution in [0.3, 0.4) is 0 Å². The Bertz CT molecular complexity index is 271. The second kappa shape index (κ2) is 2.33. The van der Waals surface area contributed by atoms with E-state index in [0.29, 0.717) is 0 Å². The third-order valence-corrected chi connectivity index (χ3v) is 1.02. The van der Waals surface area contributed by atoms with Crippen LogP contribution in [-0.2, 0) is 0 Å². The van der Waals surface area contributed by atoms with Crippen LogP contribution in [0.25, 0.3) is 0 Å². The Morgan fingerprint density at radius 1 is 1.73 bits per heavy atom. The van der Waals surface area contributed by atoms with E-state index in [0.717, 1.165) is 0 Å². The molecular formula is C3H6N6O2. The molecule has 60 valence electrons. The van der Waals surface area contributed by atoms with Gasteiger partial charge in [0.25, 0.3) is 5.69 Å². The molecule has 1 heterocycles. The second-order valence-corrected chi connectivity index (χ2v) is 1.68. The zero-order valence-corrected chi connectivity index (χ0v) is 5.39. The van der Waals surface area contributed by atoms with Crippen molar-refractivity contribution < 1.29 is 9.53 Å². The number of nitrogen functional groups attached to an aromatic ring is 1. The van der Waals surface area contributed by atoms with Crippen molar-refractivity contribution in [1.82, 2.24) is 5.16 Å². The average Bonchev–Trinajstić information content (AvgIpc) is 2.30. The van der Waals surface area contributed by atoms with Crippen molar-refractivity contribution in [3.8, 4) is 0 Å². The van der Waals surface area contributed by atoms with Gasteiger partial charge in [-0.1, -0.05) is 0 Å². The van der Waals surface area contributed by atoms with Crippen LogP contribution in [0, 0.1) is 5.21 Å². The number of nitrogens with zero attached hydrogens (tertiary/aromatic N) is 3. The Morgan fingerprint density at radius 3 is 2.73 bits per heavy atom. The SMILES string of the molecule is NN=C(N)c1c(N)no[n+]1[O-]. The number of amidine groups is 1. The van der Waals surface area contributed by atoms with Crippen LogP contribution < -0.4 is 22.2 Å². The molecule has 0 aliphatic rings. The van der Waals surface area contributed by atoms with Gasteiger partial charge in [-0.25, -0.2) is 0 Å². The van der Waals surface area contributed by atoms with E-state index in [9.17, 15) is 5.21 Å². The summed E-state index contributed by atoms with van der Waals surface area (Å²) in [4.78, 5) is 0.0288. The summed E-state index contributed by atoms with van der Waals surface area (Å²) in [6, 6.07) is 0. The average molecular weight is 158 g/mol. The summed E-state index contributed by atoms with van der Waals surface area (Å²) in [5, 5.41) is 16.8. The lowest BCUT2D eigenvalue weighted by Crippen LogP contribution is -2.35. The predicted octanol–water partition coefficient (Wildman–Crippen LogP) is -2.53. The molecule has 0 aliphatic heterocycles. The number of hydrogen-bond donors (Lipinski definition) is 3. The minimum Gasteiger partial charge on any atom is -0.378 e. The summed E-state index contributed by atoms with van der Waals surface area (Å²) in [7, 11) is 0. The molecule has 0 atom stereocenters. The van der Waals surface area contributed by atoms with Crippen molar-refractivity contribution >= 4 is 11.7 Å². The first-order valence-electron chi connectivity index (χ1n) is 2.55. The van der Waals surface area contributed by atoms with Gasteiger partial charge in [0.15, 0.2) is 0 Å². The van der Waals surface area contributed by atoms with Crippen LogP contribution in [0.2, 0.25) is 0 Å². The Hall–Kier alpha value is -1.99. The van der Waals surface area contributed by atoms with Crippen LogP contribution in [0.1, 0.15) is 5.69 Å². The van der Waals surface area contributed by atoms with Crippen LogP contribution >= 0.6 is 0 Å². The molecular weight excluding hydrogens is 152 g/mol. The Balaban J connectivity index is 3.21. The highest BCUT2D eigenvalue weighted by molar-refractivity contribution is 5.97. The van der Waals surface area contributed by atoms with Gasteiger partial charge in [0, 0.05) is 0 Å². The molecule has 0 unspecified atom stereocenters. The highest BCUT2D eigenvalue weighted by atomic mass is 16.8. The van der Waals surface area contributed by atoms with E-state index in [4.69, 9.17) is 17.3 Å². The zero-order chi connectivity index (χ0) is 8.43. The van der Waals surface area contributed by atoms with Gasteiger partial charge in [0.2, 0.25) is 5.84 Å². The third kappa shape index (κ3) is 1.000. The van der Waals surface area contributed by atoms with Gasteiger partial charge in [-0.05, 0) is 4.90 Å². The van der Waals surface area contributed by atoms with E-state index in [1.165, 1.54) is 0 Å². The molecule has 11 heavy (non-hydrogen) atoms. The number of rotatable bonds is 1. The molecule has 0 saturated heterocycles. The van der Waals surface area contributed by atoms with Crippen LogP contribution in [0.4, 0.5) is 5.82 Å². The summed E-state index contributed by atoms with van der Waals surface area (Å²) >= 11 is 0. The molecule has 1 aromatic rings. The van der Waals surface area contributed by atoms with Gasteiger partial charge in [0.1, 0.15) is 0 Å². The normalized spacial score (nSPS) is 11.8. The highest BCUT2D eigenvalue weighted by Gasteiger charge is 2.19. The minimum atomic E-state index is -0.223. The van der Waals surface area contributed by atoms with E-state index in [1.807, 2.05) is 0 Å². The molecule has 8 nitrogen and oxygen atoms in total. The maximum atomic E-state index is 10.6. The van der Waals surface area contributed by atoms with Gasteiger partial charge in [-0.3, -0.25) is 4.63 Å². The molecule has 0 aliphatic carbocycles. The molecule has 6 N–H and O–H groups in total. The summed E-state index contributed by atoms with van der Waals surface area (Å²) in [6.45, 7) is 0. The zero-order valence-electron chi connectivity index (χ0n) is 5.39. The predicted molar refractivity (Wildman–Crippen MR) is 34.8 cm³/mol.